The fourth-order valence-electron chi connectivity index (χ4n) is 3.55. The molecule has 0 aliphatic rings. The van der Waals surface area contributed by atoms with E-state index in [4.69, 9.17) is 4.74 Å². The molecule has 1 atom stereocenters. The third-order valence-electron chi connectivity index (χ3n) is 5.19. The average Bonchev–Trinajstić information content (AvgIpc) is 3.18. The number of aromatic amines is 1. The third-order valence-corrected chi connectivity index (χ3v) is 5.19. The molecule has 0 radical (unpaired) electrons. The number of hydrogen-bond donors (Lipinski definition) is 1. The lowest BCUT2D eigenvalue weighted by atomic mass is 9.89. The van der Waals surface area contributed by atoms with E-state index in [1.807, 2.05) is 6.20 Å². The first-order valence-electron chi connectivity index (χ1n) is 9.48. The minimum atomic E-state index is 0.317. The normalized spacial score (nSPS) is 12.2. The topological polar surface area (TPSA) is 41.1 Å². The number of nitrogens with zero attached hydrogens (tertiary/aromatic N) is 2. The van der Waals surface area contributed by atoms with Gasteiger partial charge in [0.05, 0.1) is 31.4 Å². The summed E-state index contributed by atoms with van der Waals surface area (Å²) in [6.07, 6.45) is 3.60. The molecule has 1 heterocycles. The summed E-state index contributed by atoms with van der Waals surface area (Å²) in [7, 11) is 1.73. The Kier molecular flexibility index (Phi) is 5.84. The highest BCUT2D eigenvalue weighted by Crippen LogP contribution is 2.36. The molecule has 4 nitrogen and oxygen atoms in total. The summed E-state index contributed by atoms with van der Waals surface area (Å²) in [4.78, 5) is 9.71. The quantitative estimate of drug-likeness (QED) is 0.620. The Hall–Kier alpha value is -2.75. The van der Waals surface area contributed by atoms with Crippen molar-refractivity contribution in [3.63, 3.8) is 0 Å². The molecule has 2 aromatic carbocycles. The van der Waals surface area contributed by atoms with Crippen molar-refractivity contribution >= 4 is 5.69 Å². The lowest BCUT2D eigenvalue weighted by molar-refractivity contribution is 0.412. The highest BCUT2D eigenvalue weighted by atomic mass is 16.5. The van der Waals surface area contributed by atoms with Gasteiger partial charge in [-0.2, -0.15) is 0 Å². The molecule has 142 valence electrons. The van der Waals surface area contributed by atoms with Crippen molar-refractivity contribution < 1.29 is 4.74 Å². The van der Waals surface area contributed by atoms with Gasteiger partial charge in [-0.05, 0) is 49.6 Å². The van der Waals surface area contributed by atoms with Crippen LogP contribution in [0.2, 0.25) is 0 Å². The molecule has 0 aliphatic heterocycles. The average molecular weight is 364 g/mol. The highest BCUT2D eigenvalue weighted by molar-refractivity contribution is 5.62. The van der Waals surface area contributed by atoms with E-state index in [9.17, 15) is 0 Å². The zero-order chi connectivity index (χ0) is 19.4. The summed E-state index contributed by atoms with van der Waals surface area (Å²) < 4.78 is 5.69. The van der Waals surface area contributed by atoms with Gasteiger partial charge in [0, 0.05) is 18.2 Å². The van der Waals surface area contributed by atoms with Crippen LogP contribution in [0.15, 0.2) is 55.0 Å². The first kappa shape index (κ1) is 19.0. The van der Waals surface area contributed by atoms with Gasteiger partial charge in [-0.3, -0.25) is 0 Å². The molecule has 0 bridgehead atoms. The van der Waals surface area contributed by atoms with Gasteiger partial charge in [-0.25, -0.2) is 4.98 Å². The molecule has 1 N–H and O–H groups in total. The van der Waals surface area contributed by atoms with Crippen LogP contribution in [0.25, 0.3) is 0 Å². The summed E-state index contributed by atoms with van der Waals surface area (Å²) >= 11 is 0. The molecule has 0 amide bonds. The molecule has 1 aromatic heterocycles. The first-order valence-corrected chi connectivity index (χ1v) is 9.48. The summed E-state index contributed by atoms with van der Waals surface area (Å²) in [6.45, 7) is 9.61. The van der Waals surface area contributed by atoms with E-state index in [2.05, 4.69) is 85.0 Å². The lowest BCUT2D eigenvalue weighted by Gasteiger charge is -2.31. The molecule has 0 spiro atoms. The minimum Gasteiger partial charge on any atom is -0.495 e. The van der Waals surface area contributed by atoms with Crippen LogP contribution >= 0.6 is 0 Å². The third kappa shape index (κ3) is 4.16. The van der Waals surface area contributed by atoms with E-state index in [1.54, 1.807) is 13.4 Å². The van der Waals surface area contributed by atoms with Crippen LogP contribution in [0.3, 0.4) is 0 Å². The number of H-pyrrole nitrogens is 1. The number of nitrogens with one attached hydrogen (secondary N) is 1. The molecular formula is C23H29N3O. The summed E-state index contributed by atoms with van der Waals surface area (Å²) in [5.41, 5.74) is 6.16. The second kappa shape index (κ2) is 8.30. The van der Waals surface area contributed by atoms with Crippen LogP contribution in [-0.4, -0.2) is 23.1 Å². The molecule has 3 aromatic rings. The molecule has 0 aliphatic carbocycles. The Morgan fingerprint density at radius 2 is 1.89 bits per heavy atom. The number of methoxy groups -OCH3 is 1. The Labute approximate surface area is 162 Å². The Bertz CT molecular complexity index is 871. The fourth-order valence-corrected chi connectivity index (χ4v) is 3.55. The van der Waals surface area contributed by atoms with Gasteiger partial charge in [-0.15, -0.1) is 0 Å². The number of aryl methyl sites for hydroxylation is 1. The van der Waals surface area contributed by atoms with Crippen LogP contribution in [0.5, 0.6) is 5.75 Å². The van der Waals surface area contributed by atoms with Crippen molar-refractivity contribution in [1.82, 2.24) is 9.97 Å². The number of benzene rings is 2. The van der Waals surface area contributed by atoms with Crippen molar-refractivity contribution in [1.29, 1.82) is 0 Å². The standard InChI is InChI=1S/C23H29N3O/c1-16(2)26(14-20-13-24-15-25-20)22-12-19(10-11-23(22)27-5)18(4)21-9-7-6-8-17(21)3/h6-13,15-16,18H,14H2,1-5H3,(H,24,25). The fraction of sp³-hybridized carbons (Fsp3) is 0.348. The number of hydrogen-bond acceptors (Lipinski definition) is 3. The summed E-state index contributed by atoms with van der Waals surface area (Å²) in [5, 5.41) is 0. The maximum absolute atomic E-state index is 5.69. The van der Waals surface area contributed by atoms with Gasteiger partial charge >= 0.3 is 0 Å². The highest BCUT2D eigenvalue weighted by Gasteiger charge is 2.19. The van der Waals surface area contributed by atoms with Crippen molar-refractivity contribution in [3.05, 3.63) is 77.4 Å². The predicted molar refractivity (Wildman–Crippen MR) is 112 cm³/mol. The first-order chi connectivity index (χ1) is 13.0. The zero-order valence-corrected chi connectivity index (χ0v) is 16.9. The van der Waals surface area contributed by atoms with Crippen molar-refractivity contribution in [2.24, 2.45) is 0 Å². The van der Waals surface area contributed by atoms with Crippen LogP contribution in [-0.2, 0) is 6.54 Å². The number of anilines is 1. The van der Waals surface area contributed by atoms with E-state index in [-0.39, 0.29) is 0 Å². The van der Waals surface area contributed by atoms with Crippen LogP contribution in [0.4, 0.5) is 5.69 Å². The van der Waals surface area contributed by atoms with Gasteiger partial charge in [0.1, 0.15) is 5.75 Å². The number of aromatic nitrogens is 2. The second-order valence-electron chi connectivity index (χ2n) is 7.31. The summed E-state index contributed by atoms with van der Waals surface area (Å²) in [5.74, 6) is 1.21. The Morgan fingerprint density at radius 1 is 1.11 bits per heavy atom. The van der Waals surface area contributed by atoms with E-state index in [1.165, 1.54) is 16.7 Å². The van der Waals surface area contributed by atoms with Crippen molar-refractivity contribution in [2.45, 2.75) is 46.2 Å². The van der Waals surface area contributed by atoms with E-state index < -0.39 is 0 Å². The monoisotopic (exact) mass is 363 g/mol. The minimum absolute atomic E-state index is 0.317. The van der Waals surface area contributed by atoms with Gasteiger partial charge in [0.15, 0.2) is 0 Å². The number of imidazole rings is 1. The predicted octanol–water partition coefficient (Wildman–Crippen LogP) is 5.29. The van der Waals surface area contributed by atoms with Gasteiger partial charge in [0.2, 0.25) is 0 Å². The maximum atomic E-state index is 5.69. The van der Waals surface area contributed by atoms with Crippen LogP contribution in [0, 0.1) is 6.92 Å². The SMILES string of the molecule is COc1ccc(C(C)c2ccccc2C)cc1N(Cc1cnc[nH]1)C(C)C. The Morgan fingerprint density at radius 3 is 2.52 bits per heavy atom. The van der Waals surface area contributed by atoms with E-state index >= 15 is 0 Å². The number of ether oxygens (including phenoxy) is 1. The van der Waals surface area contributed by atoms with Crippen molar-refractivity contribution in [3.8, 4) is 5.75 Å². The molecule has 0 saturated heterocycles. The smallest absolute Gasteiger partial charge is 0.142 e. The molecule has 4 heteroatoms. The molecule has 27 heavy (non-hydrogen) atoms. The molecular weight excluding hydrogens is 334 g/mol. The van der Waals surface area contributed by atoms with Crippen LogP contribution in [0.1, 0.15) is 49.1 Å². The maximum Gasteiger partial charge on any atom is 0.142 e. The molecule has 0 saturated carbocycles. The summed E-state index contributed by atoms with van der Waals surface area (Å²) in [6, 6.07) is 15.5. The molecule has 3 rings (SSSR count). The largest absolute Gasteiger partial charge is 0.495 e. The molecule has 1 unspecified atom stereocenters. The van der Waals surface area contributed by atoms with E-state index in [0.717, 1.165) is 23.7 Å². The van der Waals surface area contributed by atoms with Crippen molar-refractivity contribution in [2.75, 3.05) is 12.0 Å². The van der Waals surface area contributed by atoms with Gasteiger partial charge in [-0.1, -0.05) is 37.3 Å². The number of rotatable bonds is 7. The lowest BCUT2D eigenvalue weighted by Crippen LogP contribution is -2.30. The second-order valence-corrected chi connectivity index (χ2v) is 7.31. The Balaban J connectivity index is 2.00. The van der Waals surface area contributed by atoms with Gasteiger partial charge in [0.25, 0.3) is 0 Å². The van der Waals surface area contributed by atoms with Gasteiger partial charge < -0.3 is 14.6 Å². The zero-order valence-electron chi connectivity index (χ0n) is 16.9. The van der Waals surface area contributed by atoms with Crippen LogP contribution < -0.4 is 9.64 Å². The molecule has 0 fully saturated rings. The van der Waals surface area contributed by atoms with E-state index in [0.29, 0.717) is 12.0 Å².